The number of piperazine rings is 1. The van der Waals surface area contributed by atoms with Crippen LogP contribution in [0.15, 0.2) is 18.2 Å². The first-order valence-electron chi connectivity index (χ1n) is 6.02. The van der Waals surface area contributed by atoms with Crippen LogP contribution in [0.25, 0.3) is 0 Å². The molecule has 1 heterocycles. The molecule has 2 unspecified atom stereocenters. The number of hydrogen-bond acceptors (Lipinski definition) is 3. The second kappa shape index (κ2) is 4.94. The van der Waals surface area contributed by atoms with Crippen molar-refractivity contribution < 1.29 is 14.3 Å². The van der Waals surface area contributed by atoms with Crippen LogP contribution >= 0.6 is 0 Å². The summed E-state index contributed by atoms with van der Waals surface area (Å²) < 4.78 is 13.6. The third kappa shape index (κ3) is 2.46. The number of halogens is 1. The smallest absolute Gasteiger partial charge is 0.260 e. The number of hydrogen-bond donors (Lipinski definition) is 2. The molecule has 1 aliphatic heterocycles. The Balaban J connectivity index is 2.26. The molecule has 2 atom stereocenters. The van der Waals surface area contributed by atoms with Gasteiger partial charge < -0.3 is 15.3 Å². The average Bonchev–Trinajstić information content (AvgIpc) is 2.27. The van der Waals surface area contributed by atoms with Crippen LogP contribution < -0.4 is 5.32 Å². The van der Waals surface area contributed by atoms with E-state index in [0.29, 0.717) is 13.1 Å². The highest BCUT2D eigenvalue weighted by Gasteiger charge is 2.28. The Labute approximate surface area is 105 Å². The summed E-state index contributed by atoms with van der Waals surface area (Å²) in [6.45, 7) is 4.96. The first-order chi connectivity index (χ1) is 8.49. The number of nitrogens with one attached hydrogen (secondary N) is 1. The van der Waals surface area contributed by atoms with Gasteiger partial charge in [-0.25, -0.2) is 4.39 Å². The summed E-state index contributed by atoms with van der Waals surface area (Å²) in [4.78, 5) is 13.8. The normalized spacial score (nSPS) is 24.1. The van der Waals surface area contributed by atoms with Crippen molar-refractivity contribution in [3.63, 3.8) is 0 Å². The Hall–Kier alpha value is -1.62. The molecule has 18 heavy (non-hydrogen) atoms. The molecule has 1 aliphatic rings. The van der Waals surface area contributed by atoms with Crippen LogP contribution in [0.1, 0.15) is 24.2 Å². The molecule has 1 fully saturated rings. The van der Waals surface area contributed by atoms with Crippen molar-refractivity contribution in [2.24, 2.45) is 0 Å². The SMILES string of the molecule is CC1CN(C(=O)c2c(O)cccc2F)CC(C)N1. The molecule has 0 aliphatic carbocycles. The van der Waals surface area contributed by atoms with Gasteiger partial charge in [0.1, 0.15) is 17.1 Å². The molecule has 1 amide bonds. The van der Waals surface area contributed by atoms with Gasteiger partial charge in [-0.2, -0.15) is 0 Å². The zero-order valence-electron chi connectivity index (χ0n) is 10.5. The highest BCUT2D eigenvalue weighted by atomic mass is 19.1. The fourth-order valence-corrected chi connectivity index (χ4v) is 2.38. The van der Waals surface area contributed by atoms with Gasteiger partial charge in [-0.05, 0) is 26.0 Å². The quantitative estimate of drug-likeness (QED) is 0.793. The first-order valence-corrected chi connectivity index (χ1v) is 6.02. The van der Waals surface area contributed by atoms with E-state index >= 15 is 0 Å². The molecule has 0 radical (unpaired) electrons. The number of carbonyl (C=O) groups excluding carboxylic acids is 1. The number of benzene rings is 1. The third-order valence-electron chi connectivity index (χ3n) is 3.05. The Kier molecular flexibility index (Phi) is 3.52. The molecular weight excluding hydrogens is 235 g/mol. The van der Waals surface area contributed by atoms with E-state index in [1.54, 1.807) is 4.90 Å². The number of nitrogens with zero attached hydrogens (tertiary/aromatic N) is 1. The Morgan fingerprint density at radius 2 is 2.00 bits per heavy atom. The lowest BCUT2D eigenvalue weighted by Crippen LogP contribution is -2.55. The minimum Gasteiger partial charge on any atom is -0.507 e. The van der Waals surface area contributed by atoms with Gasteiger partial charge in [-0.15, -0.1) is 0 Å². The lowest BCUT2D eigenvalue weighted by atomic mass is 10.1. The first kappa shape index (κ1) is 12.8. The molecule has 0 spiro atoms. The summed E-state index contributed by atoms with van der Waals surface area (Å²) in [5.41, 5.74) is -0.237. The maximum absolute atomic E-state index is 13.6. The number of phenolic OH excluding ortho intramolecular Hbond substituents is 1. The van der Waals surface area contributed by atoms with Gasteiger partial charge in [0.2, 0.25) is 0 Å². The topological polar surface area (TPSA) is 52.6 Å². The van der Waals surface area contributed by atoms with Gasteiger partial charge in [-0.3, -0.25) is 4.79 Å². The van der Waals surface area contributed by atoms with E-state index in [1.165, 1.54) is 18.2 Å². The minimum atomic E-state index is -0.682. The predicted octanol–water partition coefficient (Wildman–Crippen LogP) is 1.35. The Morgan fingerprint density at radius 3 is 2.56 bits per heavy atom. The van der Waals surface area contributed by atoms with Crippen molar-refractivity contribution in [1.29, 1.82) is 0 Å². The van der Waals surface area contributed by atoms with Gasteiger partial charge in [0.25, 0.3) is 5.91 Å². The number of phenols is 1. The molecule has 98 valence electrons. The fourth-order valence-electron chi connectivity index (χ4n) is 2.38. The van der Waals surface area contributed by atoms with Crippen LogP contribution in [0.4, 0.5) is 4.39 Å². The maximum Gasteiger partial charge on any atom is 0.260 e. The van der Waals surface area contributed by atoms with E-state index in [-0.39, 0.29) is 23.4 Å². The van der Waals surface area contributed by atoms with Crippen LogP contribution in [-0.4, -0.2) is 41.1 Å². The highest BCUT2D eigenvalue weighted by Crippen LogP contribution is 2.22. The van der Waals surface area contributed by atoms with Crippen LogP contribution in [-0.2, 0) is 0 Å². The minimum absolute atomic E-state index is 0.159. The van der Waals surface area contributed by atoms with Gasteiger partial charge in [0, 0.05) is 25.2 Å². The highest BCUT2D eigenvalue weighted by molar-refractivity contribution is 5.97. The Morgan fingerprint density at radius 1 is 1.39 bits per heavy atom. The molecule has 4 nitrogen and oxygen atoms in total. The van der Waals surface area contributed by atoms with Crippen molar-refractivity contribution in [1.82, 2.24) is 10.2 Å². The van der Waals surface area contributed by atoms with E-state index < -0.39 is 11.7 Å². The molecule has 0 bridgehead atoms. The van der Waals surface area contributed by atoms with E-state index in [4.69, 9.17) is 0 Å². The van der Waals surface area contributed by atoms with Crippen LogP contribution in [0.2, 0.25) is 0 Å². The van der Waals surface area contributed by atoms with Crippen molar-refractivity contribution in [3.05, 3.63) is 29.6 Å². The molecule has 0 saturated carbocycles. The van der Waals surface area contributed by atoms with E-state index in [9.17, 15) is 14.3 Å². The monoisotopic (exact) mass is 252 g/mol. The van der Waals surface area contributed by atoms with Gasteiger partial charge in [0.05, 0.1) is 0 Å². The van der Waals surface area contributed by atoms with E-state index in [2.05, 4.69) is 5.32 Å². The fraction of sp³-hybridized carbons (Fsp3) is 0.462. The lowest BCUT2D eigenvalue weighted by molar-refractivity contribution is 0.0665. The average molecular weight is 252 g/mol. The van der Waals surface area contributed by atoms with Gasteiger partial charge in [-0.1, -0.05) is 6.07 Å². The Bertz CT molecular complexity index is 434. The molecule has 5 heteroatoms. The third-order valence-corrected chi connectivity index (χ3v) is 3.05. The zero-order chi connectivity index (χ0) is 13.3. The second-order valence-electron chi connectivity index (χ2n) is 4.81. The molecule has 1 saturated heterocycles. The largest absolute Gasteiger partial charge is 0.507 e. The van der Waals surface area contributed by atoms with E-state index in [0.717, 1.165) is 0 Å². The van der Waals surface area contributed by atoms with Crippen LogP contribution in [0.3, 0.4) is 0 Å². The second-order valence-corrected chi connectivity index (χ2v) is 4.81. The van der Waals surface area contributed by atoms with E-state index in [1.807, 2.05) is 13.8 Å². The number of rotatable bonds is 1. The standard InChI is InChI=1S/C13H17FN2O2/c1-8-6-16(7-9(2)15-8)13(18)12-10(14)4-3-5-11(12)17/h3-5,8-9,15,17H,6-7H2,1-2H3. The summed E-state index contributed by atoms with van der Waals surface area (Å²) in [6, 6.07) is 4.20. The zero-order valence-corrected chi connectivity index (χ0v) is 10.5. The molecule has 1 aromatic rings. The number of amides is 1. The molecule has 0 aromatic heterocycles. The van der Waals surface area contributed by atoms with Gasteiger partial charge >= 0.3 is 0 Å². The predicted molar refractivity (Wildman–Crippen MR) is 66.0 cm³/mol. The summed E-state index contributed by atoms with van der Waals surface area (Å²) in [7, 11) is 0. The summed E-state index contributed by atoms with van der Waals surface area (Å²) in [6.07, 6.45) is 0. The lowest BCUT2D eigenvalue weighted by Gasteiger charge is -2.36. The molecule has 2 N–H and O–H groups in total. The van der Waals surface area contributed by atoms with Crippen molar-refractivity contribution in [2.75, 3.05) is 13.1 Å². The van der Waals surface area contributed by atoms with Crippen molar-refractivity contribution >= 4 is 5.91 Å². The number of aromatic hydroxyl groups is 1. The maximum atomic E-state index is 13.6. The van der Waals surface area contributed by atoms with Crippen LogP contribution in [0.5, 0.6) is 5.75 Å². The van der Waals surface area contributed by atoms with Crippen molar-refractivity contribution in [3.8, 4) is 5.75 Å². The van der Waals surface area contributed by atoms with Gasteiger partial charge in [0.15, 0.2) is 0 Å². The van der Waals surface area contributed by atoms with Crippen molar-refractivity contribution in [2.45, 2.75) is 25.9 Å². The molecular formula is C13H17FN2O2. The molecule has 2 rings (SSSR count). The number of carbonyl (C=O) groups is 1. The molecule has 1 aromatic carbocycles. The van der Waals surface area contributed by atoms with Crippen LogP contribution in [0, 0.1) is 5.82 Å². The summed E-state index contributed by atoms with van der Waals surface area (Å²) >= 11 is 0. The summed E-state index contributed by atoms with van der Waals surface area (Å²) in [5, 5.41) is 12.9. The summed E-state index contributed by atoms with van der Waals surface area (Å²) in [5.74, 6) is -1.44.